The summed E-state index contributed by atoms with van der Waals surface area (Å²) in [4.78, 5) is 23.5. The topological polar surface area (TPSA) is 80.3 Å². The number of esters is 1. The summed E-state index contributed by atoms with van der Waals surface area (Å²) < 4.78 is 26.1. The van der Waals surface area contributed by atoms with Gasteiger partial charge in [0.25, 0.3) is 0 Å². The molecule has 0 amide bonds. The maximum Gasteiger partial charge on any atom is 0.343 e. The van der Waals surface area contributed by atoms with Gasteiger partial charge in [0, 0.05) is 5.56 Å². The van der Waals surface area contributed by atoms with Crippen molar-refractivity contribution in [3.05, 3.63) is 41.5 Å². The highest BCUT2D eigenvalue weighted by molar-refractivity contribution is 5.93. The largest absolute Gasteiger partial charge is 0.493 e. The van der Waals surface area contributed by atoms with Crippen LogP contribution in [0.3, 0.4) is 0 Å². The zero-order chi connectivity index (χ0) is 18.4. The molecule has 0 atom stereocenters. The molecule has 2 aromatic rings. The molecule has 25 heavy (non-hydrogen) atoms. The highest BCUT2D eigenvalue weighted by Crippen LogP contribution is 2.39. The number of rotatable bonds is 7. The summed E-state index contributed by atoms with van der Waals surface area (Å²) in [6.07, 6.45) is 0.644. The first kappa shape index (κ1) is 18.1. The van der Waals surface area contributed by atoms with Gasteiger partial charge in [-0.15, -0.1) is 0 Å². The zero-order valence-corrected chi connectivity index (χ0v) is 14.3. The van der Waals surface area contributed by atoms with Crippen LogP contribution < -0.4 is 23.7 Å². The van der Waals surface area contributed by atoms with E-state index >= 15 is 0 Å². The average molecular weight is 346 g/mol. The lowest BCUT2D eigenvalue weighted by molar-refractivity contribution is 0.0724. The monoisotopic (exact) mass is 346 g/mol. The van der Waals surface area contributed by atoms with Gasteiger partial charge in [-0.2, -0.15) is 0 Å². The first-order chi connectivity index (χ1) is 12.1. The molecule has 0 unspecified atom stereocenters. The molecule has 0 heterocycles. The van der Waals surface area contributed by atoms with Crippen LogP contribution in [0.5, 0.6) is 28.7 Å². The Morgan fingerprint density at radius 1 is 0.800 bits per heavy atom. The Morgan fingerprint density at radius 2 is 1.36 bits per heavy atom. The lowest BCUT2D eigenvalue weighted by Gasteiger charge is -2.14. The lowest BCUT2D eigenvalue weighted by atomic mass is 10.2. The van der Waals surface area contributed by atoms with Crippen LogP contribution in [-0.2, 0) is 0 Å². The van der Waals surface area contributed by atoms with Crippen molar-refractivity contribution in [1.29, 1.82) is 0 Å². The first-order valence-electron chi connectivity index (χ1n) is 7.23. The third-order valence-electron chi connectivity index (χ3n) is 3.43. The van der Waals surface area contributed by atoms with E-state index in [-0.39, 0.29) is 22.8 Å². The van der Waals surface area contributed by atoms with E-state index in [1.807, 2.05) is 0 Å². The minimum Gasteiger partial charge on any atom is -0.493 e. The summed E-state index contributed by atoms with van der Waals surface area (Å²) in [5.41, 5.74) is 0.584. The molecule has 7 nitrogen and oxygen atoms in total. The molecule has 0 bridgehead atoms. The highest BCUT2D eigenvalue weighted by atomic mass is 16.6. The van der Waals surface area contributed by atoms with E-state index < -0.39 is 5.97 Å². The van der Waals surface area contributed by atoms with Gasteiger partial charge in [0.2, 0.25) is 5.75 Å². The van der Waals surface area contributed by atoms with Gasteiger partial charge in [0.15, 0.2) is 23.0 Å². The van der Waals surface area contributed by atoms with E-state index in [2.05, 4.69) is 0 Å². The van der Waals surface area contributed by atoms with Crippen molar-refractivity contribution in [2.75, 3.05) is 28.4 Å². The number of aldehydes is 1. The molecule has 0 aliphatic carbocycles. The Labute approximate surface area is 145 Å². The molecule has 0 fully saturated rings. The summed E-state index contributed by atoms with van der Waals surface area (Å²) in [5.74, 6) is 0.731. The van der Waals surface area contributed by atoms with E-state index in [0.29, 0.717) is 23.3 Å². The summed E-state index contributed by atoms with van der Waals surface area (Å²) >= 11 is 0. The van der Waals surface area contributed by atoms with E-state index in [9.17, 15) is 9.59 Å². The van der Waals surface area contributed by atoms with Crippen LogP contribution in [0.15, 0.2) is 30.3 Å². The molecule has 0 spiro atoms. The number of hydrogen-bond donors (Lipinski definition) is 0. The fourth-order valence-corrected chi connectivity index (χ4v) is 2.18. The summed E-state index contributed by atoms with van der Waals surface area (Å²) in [7, 11) is 5.77. The summed E-state index contributed by atoms with van der Waals surface area (Å²) in [5, 5.41) is 0. The Morgan fingerprint density at radius 3 is 1.84 bits per heavy atom. The molecule has 0 saturated heterocycles. The van der Waals surface area contributed by atoms with Gasteiger partial charge < -0.3 is 23.7 Å². The van der Waals surface area contributed by atoms with Crippen LogP contribution in [0, 0.1) is 0 Å². The quantitative estimate of drug-likeness (QED) is 0.433. The van der Waals surface area contributed by atoms with Gasteiger partial charge in [0.05, 0.1) is 34.0 Å². The normalized spacial score (nSPS) is 9.92. The Bertz CT molecular complexity index is 758. The van der Waals surface area contributed by atoms with Crippen LogP contribution in [0.2, 0.25) is 0 Å². The molecule has 0 saturated carbocycles. The molecule has 0 aliphatic rings. The van der Waals surface area contributed by atoms with Crippen LogP contribution in [0.4, 0.5) is 0 Å². The van der Waals surface area contributed by atoms with Crippen LogP contribution >= 0.6 is 0 Å². The van der Waals surface area contributed by atoms with Crippen molar-refractivity contribution in [3.63, 3.8) is 0 Å². The molecule has 0 aromatic heterocycles. The second kappa shape index (κ2) is 8.05. The second-order valence-electron chi connectivity index (χ2n) is 4.83. The summed E-state index contributed by atoms with van der Waals surface area (Å²) in [6, 6.07) is 7.54. The number of methoxy groups -OCH3 is 4. The van der Waals surface area contributed by atoms with Crippen molar-refractivity contribution in [2.24, 2.45) is 0 Å². The van der Waals surface area contributed by atoms with Gasteiger partial charge in [-0.25, -0.2) is 4.79 Å². The number of carbonyl (C=O) groups is 2. The second-order valence-corrected chi connectivity index (χ2v) is 4.83. The van der Waals surface area contributed by atoms with Crippen molar-refractivity contribution in [2.45, 2.75) is 0 Å². The Hall–Kier alpha value is -3.22. The number of hydrogen-bond acceptors (Lipinski definition) is 7. The predicted molar refractivity (Wildman–Crippen MR) is 89.4 cm³/mol. The van der Waals surface area contributed by atoms with Crippen molar-refractivity contribution in [3.8, 4) is 28.7 Å². The molecule has 7 heteroatoms. The number of benzene rings is 2. The fraction of sp³-hybridized carbons (Fsp3) is 0.222. The average Bonchev–Trinajstić information content (AvgIpc) is 2.67. The van der Waals surface area contributed by atoms with Gasteiger partial charge in [-0.1, -0.05) is 0 Å². The zero-order valence-electron chi connectivity index (χ0n) is 14.3. The van der Waals surface area contributed by atoms with E-state index in [1.54, 1.807) is 12.1 Å². The minimum atomic E-state index is -0.642. The molecule has 2 aromatic carbocycles. The van der Waals surface area contributed by atoms with E-state index in [1.165, 1.54) is 46.6 Å². The summed E-state index contributed by atoms with van der Waals surface area (Å²) in [6.45, 7) is 0. The van der Waals surface area contributed by atoms with Gasteiger partial charge in [0.1, 0.15) is 6.29 Å². The smallest absolute Gasteiger partial charge is 0.343 e. The van der Waals surface area contributed by atoms with Crippen LogP contribution in [0.1, 0.15) is 20.7 Å². The Kier molecular flexibility index (Phi) is 5.84. The Balaban J connectivity index is 2.39. The third kappa shape index (κ3) is 3.82. The van der Waals surface area contributed by atoms with Crippen LogP contribution in [0.25, 0.3) is 0 Å². The maximum absolute atomic E-state index is 12.5. The molecule has 132 valence electrons. The van der Waals surface area contributed by atoms with Gasteiger partial charge in [-0.3, -0.25) is 4.79 Å². The molecule has 0 radical (unpaired) electrons. The van der Waals surface area contributed by atoms with E-state index in [4.69, 9.17) is 23.7 Å². The van der Waals surface area contributed by atoms with E-state index in [0.717, 1.165) is 0 Å². The molecule has 0 aliphatic heterocycles. The maximum atomic E-state index is 12.5. The lowest BCUT2D eigenvalue weighted by Crippen LogP contribution is -2.11. The fourth-order valence-electron chi connectivity index (χ4n) is 2.18. The SMILES string of the molecule is COc1ccc(C(=O)Oc2c(OC)cc(C=O)cc2OC)cc1OC. The minimum absolute atomic E-state index is 0.0791. The third-order valence-corrected chi connectivity index (χ3v) is 3.43. The molecule has 2 rings (SSSR count). The van der Waals surface area contributed by atoms with Crippen molar-refractivity contribution < 1.29 is 33.3 Å². The highest BCUT2D eigenvalue weighted by Gasteiger charge is 2.20. The van der Waals surface area contributed by atoms with Gasteiger partial charge in [-0.05, 0) is 30.3 Å². The molecule has 0 N–H and O–H groups in total. The number of carbonyl (C=O) groups excluding carboxylic acids is 2. The molecular weight excluding hydrogens is 328 g/mol. The van der Waals surface area contributed by atoms with Gasteiger partial charge >= 0.3 is 5.97 Å². The van der Waals surface area contributed by atoms with Crippen molar-refractivity contribution in [1.82, 2.24) is 0 Å². The standard InChI is InChI=1S/C18H18O7/c1-21-13-6-5-12(9-14(13)22-2)18(20)25-17-15(23-3)7-11(10-19)8-16(17)24-4/h5-10H,1-4H3. The first-order valence-corrected chi connectivity index (χ1v) is 7.23. The van der Waals surface area contributed by atoms with Crippen molar-refractivity contribution >= 4 is 12.3 Å². The number of ether oxygens (including phenoxy) is 5. The predicted octanol–water partition coefficient (Wildman–Crippen LogP) is 2.75. The van der Waals surface area contributed by atoms with Crippen LogP contribution in [-0.4, -0.2) is 40.7 Å². The molecular formula is C18H18O7.